The van der Waals surface area contributed by atoms with E-state index >= 15 is 0 Å². The Morgan fingerprint density at radius 3 is 2.42 bits per heavy atom. The Hall–Kier alpha value is -1.84. The van der Waals surface area contributed by atoms with Crippen LogP contribution in [0, 0.1) is 11.8 Å². The molecular formula is C22H30N2O2. The summed E-state index contributed by atoms with van der Waals surface area (Å²) in [6, 6.07) is 10.8. The predicted molar refractivity (Wildman–Crippen MR) is 102 cm³/mol. The standard InChI is InChI=1S/C22H30N2O2/c1-15-13-18(15)22(26)24-14-19(17-9-5-3-6-10-17)21-20(24)11-7-4-8-12-23(21)16(2)25/h3,5-6,9-10,15,18-21H,4,7-8,11-14H2,1-2H3/t15-,18+,19-,20+,21-/m0/s1. The van der Waals surface area contributed by atoms with Crippen molar-refractivity contribution < 1.29 is 9.59 Å². The number of rotatable bonds is 2. The van der Waals surface area contributed by atoms with Crippen LogP contribution in [0.1, 0.15) is 57.4 Å². The van der Waals surface area contributed by atoms with Gasteiger partial charge in [-0.2, -0.15) is 0 Å². The highest BCUT2D eigenvalue weighted by molar-refractivity contribution is 5.83. The van der Waals surface area contributed by atoms with Crippen LogP contribution in [0.3, 0.4) is 0 Å². The highest BCUT2D eigenvalue weighted by Gasteiger charge is 2.51. The first-order chi connectivity index (χ1) is 12.6. The van der Waals surface area contributed by atoms with Crippen LogP contribution in [0.2, 0.25) is 0 Å². The number of hydrogen-bond donors (Lipinski definition) is 0. The van der Waals surface area contributed by atoms with E-state index in [2.05, 4.69) is 41.0 Å². The fourth-order valence-corrected chi connectivity index (χ4v) is 5.12. The molecule has 1 saturated carbocycles. The largest absolute Gasteiger partial charge is 0.337 e. The smallest absolute Gasteiger partial charge is 0.226 e. The van der Waals surface area contributed by atoms with Gasteiger partial charge in [-0.15, -0.1) is 0 Å². The molecule has 0 N–H and O–H groups in total. The van der Waals surface area contributed by atoms with Gasteiger partial charge < -0.3 is 9.80 Å². The van der Waals surface area contributed by atoms with Crippen LogP contribution in [0.25, 0.3) is 0 Å². The molecule has 140 valence electrons. The lowest BCUT2D eigenvalue weighted by Gasteiger charge is -2.38. The quantitative estimate of drug-likeness (QED) is 0.816. The molecule has 5 atom stereocenters. The molecule has 4 rings (SSSR count). The summed E-state index contributed by atoms with van der Waals surface area (Å²) in [5.41, 5.74) is 1.26. The van der Waals surface area contributed by atoms with Crippen molar-refractivity contribution in [2.24, 2.45) is 11.8 Å². The Labute approximate surface area is 156 Å². The van der Waals surface area contributed by atoms with E-state index in [-0.39, 0.29) is 29.8 Å². The second kappa shape index (κ2) is 7.05. The van der Waals surface area contributed by atoms with Crippen molar-refractivity contribution in [3.63, 3.8) is 0 Å². The van der Waals surface area contributed by atoms with Gasteiger partial charge in [-0.25, -0.2) is 0 Å². The molecule has 0 unspecified atom stereocenters. The Bertz CT molecular complexity index is 674. The Morgan fingerprint density at radius 2 is 1.77 bits per heavy atom. The summed E-state index contributed by atoms with van der Waals surface area (Å²) in [5.74, 6) is 1.43. The van der Waals surface area contributed by atoms with Gasteiger partial charge in [-0.1, -0.05) is 50.1 Å². The number of benzene rings is 1. The van der Waals surface area contributed by atoms with E-state index in [4.69, 9.17) is 0 Å². The molecule has 4 nitrogen and oxygen atoms in total. The molecule has 2 heterocycles. The second-order valence-electron chi connectivity index (χ2n) is 8.45. The van der Waals surface area contributed by atoms with E-state index in [1.165, 1.54) is 5.56 Å². The molecule has 1 aliphatic carbocycles. The van der Waals surface area contributed by atoms with Gasteiger partial charge in [-0.05, 0) is 30.7 Å². The highest BCUT2D eigenvalue weighted by atomic mass is 16.2. The third kappa shape index (κ3) is 3.15. The van der Waals surface area contributed by atoms with Crippen molar-refractivity contribution in [3.8, 4) is 0 Å². The van der Waals surface area contributed by atoms with Crippen LogP contribution < -0.4 is 0 Å². The Morgan fingerprint density at radius 1 is 1.04 bits per heavy atom. The predicted octanol–water partition coefficient (Wildman–Crippen LogP) is 3.43. The van der Waals surface area contributed by atoms with Crippen molar-refractivity contribution in [2.75, 3.05) is 13.1 Å². The number of likely N-dealkylation sites (tertiary alicyclic amines) is 2. The number of hydrogen-bond acceptors (Lipinski definition) is 2. The van der Waals surface area contributed by atoms with E-state index in [0.29, 0.717) is 11.8 Å². The Balaban J connectivity index is 1.70. The average molecular weight is 354 g/mol. The SMILES string of the molecule is CC(=O)N1CCCCC[C@@H]2[C@@H]1[C@H](c1ccccc1)CN2C(=O)[C@@H]1C[C@@H]1C. The van der Waals surface area contributed by atoms with Crippen LogP contribution in [-0.4, -0.2) is 46.8 Å². The first-order valence-electron chi connectivity index (χ1n) is 10.2. The molecule has 1 aromatic carbocycles. The number of fused-ring (bicyclic) bond motifs is 1. The second-order valence-corrected chi connectivity index (χ2v) is 8.45. The van der Waals surface area contributed by atoms with Gasteiger partial charge in [0, 0.05) is 31.8 Å². The van der Waals surface area contributed by atoms with Gasteiger partial charge in [0.1, 0.15) is 0 Å². The van der Waals surface area contributed by atoms with Crippen molar-refractivity contribution in [3.05, 3.63) is 35.9 Å². The summed E-state index contributed by atoms with van der Waals surface area (Å²) in [7, 11) is 0. The number of carbonyl (C=O) groups excluding carboxylic acids is 2. The van der Waals surface area contributed by atoms with Crippen molar-refractivity contribution in [1.82, 2.24) is 9.80 Å². The molecule has 0 radical (unpaired) electrons. The Kier molecular flexibility index (Phi) is 4.76. The zero-order chi connectivity index (χ0) is 18.3. The van der Waals surface area contributed by atoms with Crippen LogP contribution in [0.15, 0.2) is 30.3 Å². The minimum Gasteiger partial charge on any atom is -0.337 e. The molecule has 2 saturated heterocycles. The van der Waals surface area contributed by atoms with Crippen molar-refractivity contribution >= 4 is 11.8 Å². The van der Waals surface area contributed by atoms with E-state index in [0.717, 1.165) is 45.2 Å². The van der Waals surface area contributed by atoms with Crippen LogP contribution in [-0.2, 0) is 9.59 Å². The lowest BCUT2D eigenvalue weighted by atomic mass is 9.87. The summed E-state index contributed by atoms with van der Waals surface area (Å²) in [6.45, 7) is 5.44. The van der Waals surface area contributed by atoms with Gasteiger partial charge in [0.2, 0.25) is 11.8 Å². The fraction of sp³-hybridized carbons (Fsp3) is 0.636. The molecule has 0 spiro atoms. The summed E-state index contributed by atoms with van der Waals surface area (Å²) in [6.07, 6.45) is 5.41. The van der Waals surface area contributed by atoms with Crippen LogP contribution >= 0.6 is 0 Å². The molecular weight excluding hydrogens is 324 g/mol. The summed E-state index contributed by atoms with van der Waals surface area (Å²) < 4.78 is 0. The molecule has 2 amide bonds. The molecule has 3 aliphatic rings. The lowest BCUT2D eigenvalue weighted by Crippen LogP contribution is -2.51. The third-order valence-electron chi connectivity index (χ3n) is 6.70. The normalized spacial score (nSPS) is 34.0. The van der Waals surface area contributed by atoms with Gasteiger partial charge in [0.15, 0.2) is 0 Å². The molecule has 4 heteroatoms. The fourth-order valence-electron chi connectivity index (χ4n) is 5.12. The third-order valence-corrected chi connectivity index (χ3v) is 6.70. The molecule has 1 aromatic rings. The van der Waals surface area contributed by atoms with E-state index < -0.39 is 0 Å². The first-order valence-corrected chi connectivity index (χ1v) is 10.2. The molecule has 26 heavy (non-hydrogen) atoms. The molecule has 0 bridgehead atoms. The number of carbonyl (C=O) groups is 2. The maximum absolute atomic E-state index is 13.1. The van der Waals surface area contributed by atoms with Gasteiger partial charge in [-0.3, -0.25) is 9.59 Å². The van der Waals surface area contributed by atoms with E-state index in [1.807, 2.05) is 6.07 Å². The van der Waals surface area contributed by atoms with Crippen molar-refractivity contribution in [1.29, 1.82) is 0 Å². The van der Waals surface area contributed by atoms with E-state index in [9.17, 15) is 9.59 Å². The minimum atomic E-state index is 0.119. The minimum absolute atomic E-state index is 0.119. The summed E-state index contributed by atoms with van der Waals surface area (Å²) in [5, 5.41) is 0. The van der Waals surface area contributed by atoms with Crippen molar-refractivity contribution in [2.45, 2.75) is 64.0 Å². The van der Waals surface area contributed by atoms with Gasteiger partial charge in [0.25, 0.3) is 0 Å². The van der Waals surface area contributed by atoms with E-state index in [1.54, 1.807) is 6.92 Å². The topological polar surface area (TPSA) is 40.6 Å². The highest BCUT2D eigenvalue weighted by Crippen LogP contribution is 2.44. The first kappa shape index (κ1) is 17.6. The molecule has 3 fully saturated rings. The maximum atomic E-state index is 13.1. The average Bonchev–Trinajstić information content (AvgIpc) is 3.23. The van der Waals surface area contributed by atoms with Gasteiger partial charge in [0.05, 0.1) is 12.1 Å². The summed E-state index contributed by atoms with van der Waals surface area (Å²) in [4.78, 5) is 29.9. The van der Waals surface area contributed by atoms with Gasteiger partial charge >= 0.3 is 0 Å². The number of nitrogens with zero attached hydrogens (tertiary/aromatic N) is 2. The number of amides is 2. The molecule has 0 aromatic heterocycles. The van der Waals surface area contributed by atoms with Crippen LogP contribution in [0.4, 0.5) is 0 Å². The van der Waals surface area contributed by atoms with Crippen LogP contribution in [0.5, 0.6) is 0 Å². The summed E-state index contributed by atoms with van der Waals surface area (Å²) >= 11 is 0. The lowest BCUT2D eigenvalue weighted by molar-refractivity contribution is -0.137. The zero-order valence-electron chi connectivity index (χ0n) is 15.9. The maximum Gasteiger partial charge on any atom is 0.226 e. The monoisotopic (exact) mass is 354 g/mol. The molecule has 2 aliphatic heterocycles. The zero-order valence-corrected chi connectivity index (χ0v) is 15.9.